The van der Waals surface area contributed by atoms with Gasteiger partial charge in [-0.1, -0.05) is 29.8 Å². The van der Waals surface area contributed by atoms with E-state index in [0.717, 1.165) is 36.2 Å². The Balaban J connectivity index is 1.47. The highest BCUT2D eigenvalue weighted by atomic mass is 35.5. The van der Waals surface area contributed by atoms with Crippen LogP contribution in [0.25, 0.3) is 0 Å². The van der Waals surface area contributed by atoms with Crippen LogP contribution < -0.4 is 0 Å². The first-order valence-electron chi connectivity index (χ1n) is 8.21. The predicted molar refractivity (Wildman–Crippen MR) is 90.5 cm³/mol. The van der Waals surface area contributed by atoms with E-state index in [1.165, 1.54) is 24.0 Å². The Morgan fingerprint density at radius 1 is 1.13 bits per heavy atom. The van der Waals surface area contributed by atoms with Gasteiger partial charge in [-0.2, -0.15) is 0 Å². The maximum absolute atomic E-state index is 12.6. The monoisotopic (exact) mass is 326 g/mol. The fourth-order valence-corrected chi connectivity index (χ4v) is 3.81. The van der Waals surface area contributed by atoms with Gasteiger partial charge in [-0.3, -0.25) is 9.78 Å². The summed E-state index contributed by atoms with van der Waals surface area (Å²) in [5, 5.41) is 0.636. The standard InChI is InChI=1S/C19H19ClN2O/c20-17-10-16-12-22(7-6-18(16)21-11-17)19(23)9-13-4-5-14-2-1-3-15(14)8-13/h4-5,8,10-11H,1-3,6-7,9,12H2. The normalized spacial score (nSPS) is 16.1. The minimum atomic E-state index is 0.188. The first-order valence-corrected chi connectivity index (χ1v) is 8.58. The summed E-state index contributed by atoms with van der Waals surface area (Å²) >= 11 is 6.02. The molecule has 4 heteroatoms. The van der Waals surface area contributed by atoms with Gasteiger partial charge >= 0.3 is 0 Å². The fourth-order valence-electron chi connectivity index (χ4n) is 3.63. The van der Waals surface area contributed by atoms with E-state index in [1.54, 1.807) is 6.20 Å². The number of carbonyl (C=O) groups excluding carboxylic acids is 1. The number of fused-ring (bicyclic) bond motifs is 2. The Kier molecular flexibility index (Phi) is 3.82. The van der Waals surface area contributed by atoms with Crippen molar-refractivity contribution in [1.29, 1.82) is 0 Å². The Hall–Kier alpha value is -1.87. The molecular formula is C19H19ClN2O. The third kappa shape index (κ3) is 2.98. The molecule has 0 saturated carbocycles. The average Bonchev–Trinajstić information content (AvgIpc) is 3.01. The van der Waals surface area contributed by atoms with Crippen molar-refractivity contribution in [3.63, 3.8) is 0 Å². The quantitative estimate of drug-likeness (QED) is 0.848. The summed E-state index contributed by atoms with van der Waals surface area (Å²) in [7, 11) is 0. The lowest BCUT2D eigenvalue weighted by atomic mass is 10.0. The van der Waals surface area contributed by atoms with Crippen LogP contribution in [0.15, 0.2) is 30.5 Å². The molecule has 1 aromatic carbocycles. The van der Waals surface area contributed by atoms with Gasteiger partial charge in [0.25, 0.3) is 0 Å². The molecule has 0 fully saturated rings. The average molecular weight is 327 g/mol. The lowest BCUT2D eigenvalue weighted by molar-refractivity contribution is -0.131. The summed E-state index contributed by atoms with van der Waals surface area (Å²) < 4.78 is 0. The van der Waals surface area contributed by atoms with Crippen LogP contribution in [-0.4, -0.2) is 22.3 Å². The molecule has 0 spiro atoms. The van der Waals surface area contributed by atoms with Crippen LogP contribution in [-0.2, 0) is 37.0 Å². The van der Waals surface area contributed by atoms with Crippen LogP contribution in [0.3, 0.4) is 0 Å². The molecule has 0 saturated heterocycles. The predicted octanol–water partition coefficient (Wildman–Crippen LogP) is 3.35. The van der Waals surface area contributed by atoms with Gasteiger partial charge in [0.1, 0.15) is 0 Å². The van der Waals surface area contributed by atoms with Gasteiger partial charge in [0.05, 0.1) is 11.4 Å². The summed E-state index contributed by atoms with van der Waals surface area (Å²) in [4.78, 5) is 18.9. The zero-order chi connectivity index (χ0) is 15.8. The number of aryl methyl sites for hydroxylation is 2. The summed E-state index contributed by atoms with van der Waals surface area (Å²) in [6, 6.07) is 8.45. The minimum absolute atomic E-state index is 0.188. The van der Waals surface area contributed by atoms with Crippen molar-refractivity contribution < 1.29 is 4.79 Å². The molecule has 4 rings (SSSR count). The summed E-state index contributed by atoms with van der Waals surface area (Å²) in [5.74, 6) is 0.188. The molecule has 0 unspecified atom stereocenters. The highest BCUT2D eigenvalue weighted by molar-refractivity contribution is 6.30. The third-order valence-electron chi connectivity index (χ3n) is 4.88. The van der Waals surface area contributed by atoms with Gasteiger partial charge in [-0.25, -0.2) is 0 Å². The Morgan fingerprint density at radius 2 is 2.00 bits per heavy atom. The first kappa shape index (κ1) is 14.7. The molecule has 1 aliphatic heterocycles. The second-order valence-corrected chi connectivity index (χ2v) is 6.89. The van der Waals surface area contributed by atoms with E-state index in [1.807, 2.05) is 11.0 Å². The van der Waals surface area contributed by atoms with Crippen LogP contribution in [0.1, 0.15) is 34.4 Å². The van der Waals surface area contributed by atoms with Gasteiger partial charge < -0.3 is 4.90 Å². The van der Waals surface area contributed by atoms with Gasteiger partial charge in [0.2, 0.25) is 5.91 Å². The highest BCUT2D eigenvalue weighted by Gasteiger charge is 2.22. The summed E-state index contributed by atoms with van der Waals surface area (Å²) in [6.45, 7) is 1.36. The lowest BCUT2D eigenvalue weighted by Gasteiger charge is -2.28. The molecule has 0 radical (unpaired) electrons. The van der Waals surface area contributed by atoms with Gasteiger partial charge in [0.15, 0.2) is 0 Å². The summed E-state index contributed by atoms with van der Waals surface area (Å²) in [5.41, 5.74) is 6.15. The Bertz CT molecular complexity index is 772. The van der Waals surface area contributed by atoms with Crippen molar-refractivity contribution in [3.8, 4) is 0 Å². The molecule has 0 bridgehead atoms. The number of hydrogen-bond acceptors (Lipinski definition) is 2. The smallest absolute Gasteiger partial charge is 0.227 e. The maximum atomic E-state index is 12.6. The number of nitrogens with zero attached hydrogens (tertiary/aromatic N) is 2. The molecule has 1 amide bonds. The Labute approximate surface area is 141 Å². The van der Waals surface area contributed by atoms with E-state index in [0.29, 0.717) is 18.0 Å². The number of carbonyl (C=O) groups is 1. The van der Waals surface area contributed by atoms with Crippen molar-refractivity contribution in [2.75, 3.05) is 6.54 Å². The number of aromatic nitrogens is 1. The maximum Gasteiger partial charge on any atom is 0.227 e. The van der Waals surface area contributed by atoms with Crippen molar-refractivity contribution in [3.05, 3.63) is 63.4 Å². The third-order valence-corrected chi connectivity index (χ3v) is 5.08. The lowest BCUT2D eigenvalue weighted by Crippen LogP contribution is -2.37. The van der Waals surface area contributed by atoms with Crippen LogP contribution in [0.2, 0.25) is 5.02 Å². The highest BCUT2D eigenvalue weighted by Crippen LogP contribution is 2.24. The second kappa shape index (κ2) is 5.97. The molecule has 2 aromatic rings. The molecular weight excluding hydrogens is 308 g/mol. The topological polar surface area (TPSA) is 33.2 Å². The summed E-state index contributed by atoms with van der Waals surface area (Å²) in [6.07, 6.45) is 6.55. The SMILES string of the molecule is O=C(Cc1ccc2c(c1)CCC2)N1CCc2ncc(Cl)cc2C1. The number of pyridine rings is 1. The van der Waals surface area contributed by atoms with E-state index in [-0.39, 0.29) is 5.91 Å². The molecule has 3 nitrogen and oxygen atoms in total. The van der Waals surface area contributed by atoms with Gasteiger partial charge in [0, 0.05) is 31.4 Å². The molecule has 2 heterocycles. The van der Waals surface area contributed by atoms with Crippen molar-refractivity contribution in [2.45, 2.75) is 38.6 Å². The van der Waals surface area contributed by atoms with Crippen molar-refractivity contribution in [2.24, 2.45) is 0 Å². The Morgan fingerprint density at radius 3 is 2.91 bits per heavy atom. The van der Waals surface area contributed by atoms with Crippen molar-refractivity contribution in [1.82, 2.24) is 9.88 Å². The van der Waals surface area contributed by atoms with E-state index in [4.69, 9.17) is 11.6 Å². The molecule has 1 aliphatic carbocycles. The largest absolute Gasteiger partial charge is 0.338 e. The molecule has 1 aromatic heterocycles. The number of benzene rings is 1. The minimum Gasteiger partial charge on any atom is -0.338 e. The van der Waals surface area contributed by atoms with Gasteiger partial charge in [-0.15, -0.1) is 0 Å². The zero-order valence-corrected chi connectivity index (χ0v) is 13.8. The van der Waals surface area contributed by atoms with E-state index in [2.05, 4.69) is 23.2 Å². The number of halogens is 1. The van der Waals surface area contributed by atoms with E-state index in [9.17, 15) is 4.79 Å². The van der Waals surface area contributed by atoms with Gasteiger partial charge in [-0.05, 0) is 47.6 Å². The molecule has 0 N–H and O–H groups in total. The van der Waals surface area contributed by atoms with Crippen LogP contribution in [0.5, 0.6) is 0 Å². The first-order chi connectivity index (χ1) is 11.2. The van der Waals surface area contributed by atoms with E-state index >= 15 is 0 Å². The number of hydrogen-bond donors (Lipinski definition) is 0. The molecule has 23 heavy (non-hydrogen) atoms. The molecule has 2 aliphatic rings. The fraction of sp³-hybridized carbons (Fsp3) is 0.368. The van der Waals surface area contributed by atoms with E-state index < -0.39 is 0 Å². The zero-order valence-electron chi connectivity index (χ0n) is 13.0. The number of amides is 1. The second-order valence-electron chi connectivity index (χ2n) is 6.46. The number of rotatable bonds is 2. The van der Waals surface area contributed by atoms with Crippen LogP contribution in [0, 0.1) is 0 Å². The molecule has 0 atom stereocenters. The van der Waals surface area contributed by atoms with Crippen LogP contribution in [0.4, 0.5) is 0 Å². The molecule has 118 valence electrons. The van der Waals surface area contributed by atoms with Crippen molar-refractivity contribution >= 4 is 17.5 Å². The van der Waals surface area contributed by atoms with Crippen LogP contribution >= 0.6 is 11.6 Å².